The van der Waals surface area contributed by atoms with E-state index in [4.69, 9.17) is 19.7 Å². The number of amides is 1. The highest BCUT2D eigenvalue weighted by molar-refractivity contribution is 6.76. The second-order valence-corrected chi connectivity index (χ2v) is 17.5. The van der Waals surface area contributed by atoms with Gasteiger partial charge in [0.2, 0.25) is 0 Å². The Morgan fingerprint density at radius 3 is 2.46 bits per heavy atom. The van der Waals surface area contributed by atoms with Crippen molar-refractivity contribution in [1.82, 2.24) is 4.90 Å². The maximum absolute atomic E-state index is 13.2. The molecule has 37 heavy (non-hydrogen) atoms. The zero-order valence-electron chi connectivity index (χ0n) is 23.1. The van der Waals surface area contributed by atoms with Crippen LogP contribution in [-0.4, -0.2) is 68.4 Å². The van der Waals surface area contributed by atoms with Gasteiger partial charge in [0.25, 0.3) is 0 Å². The number of ether oxygens (including phenoxy) is 2. The molecule has 0 aliphatic heterocycles. The molecule has 2 saturated carbocycles. The first kappa shape index (κ1) is 29.3. The van der Waals surface area contributed by atoms with Gasteiger partial charge in [-0.3, -0.25) is 4.99 Å². The summed E-state index contributed by atoms with van der Waals surface area (Å²) in [6.45, 7) is 7.60. The summed E-state index contributed by atoms with van der Waals surface area (Å²) in [5.41, 5.74) is 2.49. The largest absolute Gasteiger partial charge is 0.450 e. The Labute approximate surface area is 223 Å². The number of hydrogen-bond acceptors (Lipinski definition) is 6. The van der Waals surface area contributed by atoms with Crippen LogP contribution in [0.4, 0.5) is 4.79 Å². The minimum Gasteiger partial charge on any atom is -0.450 e. The predicted octanol–water partition coefficient (Wildman–Crippen LogP) is 5.78. The first-order chi connectivity index (χ1) is 17.7. The summed E-state index contributed by atoms with van der Waals surface area (Å²) in [7, 11) is 0.360. The van der Waals surface area contributed by atoms with Crippen molar-refractivity contribution in [1.29, 1.82) is 5.26 Å². The van der Waals surface area contributed by atoms with E-state index in [1.54, 1.807) is 24.1 Å². The number of aliphatic hydroxyl groups is 1. The zero-order valence-corrected chi connectivity index (χ0v) is 24.1. The number of aliphatic imine (C=N–C) groups is 1. The molecule has 1 amide bonds. The van der Waals surface area contributed by atoms with Gasteiger partial charge in [-0.1, -0.05) is 63.9 Å². The standard InChI is InChI=1S/C29H45N3O4Si/c1-35-28-15-14-25(28)31-26(18-22-8-6-5-7-9-22)27(33)21-32(29(34)36-16-17-37(2,3)4)20-24-12-10-23(19-30)11-13-24/h10-13,22,26-28,33H,5-9,14-18,20-21H2,1-4H3/t26-,27+,28?/m0/s1. The molecule has 0 spiro atoms. The normalized spacial score (nSPS) is 21.1. The van der Waals surface area contributed by atoms with E-state index in [-0.39, 0.29) is 18.7 Å². The number of nitriles is 1. The number of methoxy groups -OCH3 is 1. The molecule has 1 aromatic carbocycles. The quantitative estimate of drug-likeness (QED) is 0.347. The molecule has 2 aliphatic carbocycles. The van der Waals surface area contributed by atoms with Crippen molar-refractivity contribution >= 4 is 19.9 Å². The number of hydrogen-bond donors (Lipinski definition) is 1. The van der Waals surface area contributed by atoms with Gasteiger partial charge in [0.15, 0.2) is 0 Å². The van der Waals surface area contributed by atoms with Crippen molar-refractivity contribution in [3.05, 3.63) is 35.4 Å². The third-order valence-electron chi connectivity index (χ3n) is 7.59. The summed E-state index contributed by atoms with van der Waals surface area (Å²) in [5.74, 6) is 0.550. The van der Waals surface area contributed by atoms with Crippen LogP contribution in [0.1, 0.15) is 62.5 Å². The number of carbonyl (C=O) groups is 1. The fourth-order valence-corrected chi connectivity index (χ4v) is 5.77. The van der Waals surface area contributed by atoms with E-state index in [1.807, 2.05) is 12.1 Å². The van der Waals surface area contributed by atoms with Crippen molar-refractivity contribution in [3.8, 4) is 6.07 Å². The lowest BCUT2D eigenvalue weighted by atomic mass is 9.83. The molecular formula is C29H45N3O4Si. The minimum atomic E-state index is -1.35. The predicted molar refractivity (Wildman–Crippen MR) is 150 cm³/mol. The number of nitrogens with zero attached hydrogens (tertiary/aromatic N) is 3. The summed E-state index contributed by atoms with van der Waals surface area (Å²) >= 11 is 0. The summed E-state index contributed by atoms with van der Waals surface area (Å²) in [6.07, 6.45) is 7.64. The highest BCUT2D eigenvalue weighted by Crippen LogP contribution is 2.30. The third kappa shape index (κ3) is 9.55. The monoisotopic (exact) mass is 527 g/mol. The van der Waals surface area contributed by atoms with E-state index in [0.717, 1.165) is 36.6 Å². The van der Waals surface area contributed by atoms with Crippen LogP contribution in [0.25, 0.3) is 0 Å². The third-order valence-corrected chi connectivity index (χ3v) is 9.30. The highest BCUT2D eigenvalue weighted by atomic mass is 28.3. The Hall–Kier alpha value is -2.21. The summed E-state index contributed by atoms with van der Waals surface area (Å²) in [6, 6.07) is 9.95. The fraction of sp³-hybridized carbons (Fsp3) is 0.690. The van der Waals surface area contributed by atoms with Crippen molar-refractivity contribution in [3.63, 3.8) is 0 Å². The molecule has 2 aliphatic rings. The Balaban J connectivity index is 1.75. The molecule has 8 heteroatoms. The average molecular weight is 528 g/mol. The van der Waals surface area contributed by atoms with Crippen molar-refractivity contribution < 1.29 is 19.4 Å². The van der Waals surface area contributed by atoms with Gasteiger partial charge in [0.1, 0.15) is 0 Å². The van der Waals surface area contributed by atoms with Crippen LogP contribution in [0.2, 0.25) is 25.7 Å². The molecule has 0 heterocycles. The van der Waals surface area contributed by atoms with Crippen LogP contribution in [0.3, 0.4) is 0 Å². The number of aliphatic hydroxyl groups excluding tert-OH is 1. The first-order valence-corrected chi connectivity index (χ1v) is 17.6. The maximum atomic E-state index is 13.2. The summed E-state index contributed by atoms with van der Waals surface area (Å²) < 4.78 is 11.2. The Morgan fingerprint density at radius 2 is 1.89 bits per heavy atom. The molecular weight excluding hydrogens is 482 g/mol. The van der Waals surface area contributed by atoms with E-state index in [9.17, 15) is 9.90 Å². The van der Waals surface area contributed by atoms with Gasteiger partial charge in [0, 0.05) is 27.4 Å². The lowest BCUT2D eigenvalue weighted by Gasteiger charge is -2.34. The minimum absolute atomic E-state index is 0.0438. The Morgan fingerprint density at radius 1 is 1.19 bits per heavy atom. The van der Waals surface area contributed by atoms with E-state index < -0.39 is 20.3 Å². The van der Waals surface area contributed by atoms with Gasteiger partial charge < -0.3 is 19.5 Å². The van der Waals surface area contributed by atoms with Gasteiger partial charge in [0.05, 0.1) is 43.0 Å². The second kappa shape index (κ2) is 14.1. The van der Waals surface area contributed by atoms with Crippen LogP contribution in [0.15, 0.2) is 29.3 Å². The van der Waals surface area contributed by atoms with Crippen molar-refractivity contribution in [2.75, 3.05) is 20.3 Å². The molecule has 0 saturated heterocycles. The van der Waals surface area contributed by atoms with E-state index in [1.165, 1.54) is 32.1 Å². The summed E-state index contributed by atoms with van der Waals surface area (Å²) in [4.78, 5) is 19.8. The number of rotatable bonds is 12. The van der Waals surface area contributed by atoms with Crippen molar-refractivity contribution in [2.45, 2.75) is 102 Å². The molecule has 1 aromatic rings. The van der Waals surface area contributed by atoms with Crippen molar-refractivity contribution in [2.24, 2.45) is 10.9 Å². The number of carbonyl (C=O) groups excluding carboxylic acids is 1. The highest BCUT2D eigenvalue weighted by Gasteiger charge is 2.32. The SMILES string of the molecule is COC1CCC1=N[C@@H](CC1CCCCC1)[C@H](O)CN(Cc1ccc(C#N)cc1)C(=O)OCC[Si](C)(C)C. The molecule has 3 rings (SSSR count). The van der Waals surface area contributed by atoms with E-state index in [2.05, 4.69) is 25.7 Å². The summed E-state index contributed by atoms with van der Waals surface area (Å²) in [5, 5.41) is 20.6. The molecule has 0 radical (unpaired) electrons. The fourth-order valence-electron chi connectivity index (χ4n) is 5.06. The molecule has 3 atom stereocenters. The Bertz CT molecular complexity index is 930. The molecule has 204 valence electrons. The van der Waals surface area contributed by atoms with E-state index in [0.29, 0.717) is 24.6 Å². The first-order valence-electron chi connectivity index (χ1n) is 13.9. The van der Waals surface area contributed by atoms with Crippen LogP contribution >= 0.6 is 0 Å². The van der Waals surface area contributed by atoms with Gasteiger partial charge in [-0.25, -0.2) is 4.79 Å². The number of benzene rings is 1. The smallest absolute Gasteiger partial charge is 0.410 e. The molecule has 7 nitrogen and oxygen atoms in total. The molecule has 0 aromatic heterocycles. The van der Waals surface area contributed by atoms with Gasteiger partial charge >= 0.3 is 6.09 Å². The average Bonchev–Trinajstić information content (AvgIpc) is 2.85. The maximum Gasteiger partial charge on any atom is 0.410 e. The van der Waals surface area contributed by atoms with Gasteiger partial charge in [-0.2, -0.15) is 5.26 Å². The zero-order chi connectivity index (χ0) is 26.8. The van der Waals surface area contributed by atoms with E-state index >= 15 is 0 Å². The van der Waals surface area contributed by atoms with Crippen LogP contribution < -0.4 is 0 Å². The lowest BCUT2D eigenvalue weighted by Crippen LogP contribution is -2.44. The molecule has 1 N–H and O–H groups in total. The second-order valence-electron chi connectivity index (χ2n) is 11.9. The van der Waals surface area contributed by atoms with Crippen LogP contribution in [-0.2, 0) is 16.0 Å². The lowest BCUT2D eigenvalue weighted by molar-refractivity contribution is 0.0576. The van der Waals surface area contributed by atoms with Gasteiger partial charge in [-0.15, -0.1) is 0 Å². The Kier molecular flexibility index (Phi) is 11.2. The molecule has 2 fully saturated rings. The topological polar surface area (TPSA) is 95.1 Å². The van der Waals surface area contributed by atoms with Gasteiger partial charge in [-0.05, 0) is 48.9 Å². The van der Waals surface area contributed by atoms with Crippen LogP contribution in [0.5, 0.6) is 0 Å². The van der Waals surface area contributed by atoms with Crippen LogP contribution in [0, 0.1) is 17.2 Å². The molecule has 1 unspecified atom stereocenters. The molecule has 0 bridgehead atoms.